The first kappa shape index (κ1) is 40.4. The highest BCUT2D eigenvalue weighted by Gasteiger charge is 2.20. The molecule has 1 aliphatic carbocycles. The van der Waals surface area contributed by atoms with Gasteiger partial charge in [0.15, 0.2) is 0 Å². The molecule has 0 radical (unpaired) electrons. The molecule has 8 nitrogen and oxygen atoms in total. The van der Waals surface area contributed by atoms with E-state index in [2.05, 4.69) is 208 Å². The number of para-hydroxylation sites is 2. The van der Waals surface area contributed by atoms with E-state index in [1.54, 1.807) is 9.59 Å². The Bertz CT molecular complexity index is 3510. The molecule has 324 valence electrons. The maximum absolute atomic E-state index is 4.72. The van der Waals surface area contributed by atoms with E-state index in [0.29, 0.717) is 0 Å². The van der Waals surface area contributed by atoms with Crippen LogP contribution < -0.4 is 9.80 Å². The molecule has 0 amide bonds. The Balaban J connectivity index is 0.743. The molecule has 0 saturated carbocycles. The lowest BCUT2D eigenvalue weighted by Gasteiger charge is -2.29. The lowest BCUT2D eigenvalue weighted by Crippen LogP contribution is -2.18. The second-order valence-electron chi connectivity index (χ2n) is 16.9. The summed E-state index contributed by atoms with van der Waals surface area (Å²) in [5.74, 6) is 0. The molecule has 2 aromatic heterocycles. The molecule has 12 rings (SSSR count). The van der Waals surface area contributed by atoms with E-state index >= 15 is 0 Å². The fraction of sp³-hybridized carbons (Fsp3) is 0.0333. The van der Waals surface area contributed by atoms with Crippen molar-refractivity contribution in [2.24, 2.45) is 0 Å². The van der Waals surface area contributed by atoms with E-state index in [9.17, 15) is 0 Å². The molecule has 0 atom stereocenters. The number of fused-ring (bicyclic) bond motifs is 2. The number of aromatic nitrogens is 6. The minimum absolute atomic E-state index is 0.840. The Labute approximate surface area is 394 Å². The van der Waals surface area contributed by atoms with E-state index < -0.39 is 0 Å². The van der Waals surface area contributed by atoms with Crippen molar-refractivity contribution in [1.29, 1.82) is 0 Å². The van der Waals surface area contributed by atoms with Gasteiger partial charge in [0, 0.05) is 34.1 Å². The summed E-state index contributed by atoms with van der Waals surface area (Å²) in [5, 5.41) is 18.8. The first-order valence-electron chi connectivity index (χ1n) is 22.9. The van der Waals surface area contributed by atoms with Gasteiger partial charge in [0.2, 0.25) is 0 Å². The number of benzene rings is 9. The van der Waals surface area contributed by atoms with Crippen LogP contribution in [-0.4, -0.2) is 30.0 Å². The molecule has 2 heterocycles. The zero-order valence-electron chi connectivity index (χ0n) is 37.1. The molecule has 0 aliphatic heterocycles. The number of hydrogen-bond donors (Lipinski definition) is 0. The standard InChI is InChI=1S/C60H44N8/c1-3-11-49(12-4-1)65(53-35-39-55(40-36-53)67-61-57-15-7-8-16-58(57)62-67)51-31-27-47(28-32-51)45-23-19-43(20-24-45)44-21-25-46(26-22-44)48-29-33-52(34-30-48)66(50-13-5-2-6-14-50)54-37-41-56(42-38-54)68-63-59-17-9-10-18-60(59)64-68/h1-37,39-41H,38,42H2. The van der Waals surface area contributed by atoms with Crippen LogP contribution in [0.25, 0.3) is 66.8 Å². The van der Waals surface area contributed by atoms with Crippen molar-refractivity contribution < 1.29 is 0 Å². The van der Waals surface area contributed by atoms with E-state index in [1.807, 2.05) is 54.6 Å². The third-order valence-corrected chi connectivity index (χ3v) is 12.6. The van der Waals surface area contributed by atoms with Crippen LogP contribution in [0.1, 0.15) is 12.8 Å². The lowest BCUT2D eigenvalue weighted by molar-refractivity contribution is 0.736. The van der Waals surface area contributed by atoms with E-state index in [0.717, 1.165) is 80.3 Å². The van der Waals surface area contributed by atoms with Crippen molar-refractivity contribution >= 4 is 56.2 Å². The molecule has 11 aromatic rings. The minimum Gasteiger partial charge on any atom is -0.314 e. The summed E-state index contributed by atoms with van der Waals surface area (Å²) in [7, 11) is 0. The van der Waals surface area contributed by atoms with Gasteiger partial charge in [-0.05, 0) is 155 Å². The van der Waals surface area contributed by atoms with Crippen molar-refractivity contribution in [1.82, 2.24) is 30.0 Å². The highest BCUT2D eigenvalue weighted by Crippen LogP contribution is 2.38. The monoisotopic (exact) mass is 876 g/mol. The normalized spacial score (nSPS) is 12.5. The summed E-state index contributed by atoms with van der Waals surface area (Å²) in [6, 6.07) is 80.8. The molecular weight excluding hydrogens is 833 g/mol. The molecule has 0 N–H and O–H groups in total. The Hall–Kier alpha value is -9.14. The third-order valence-electron chi connectivity index (χ3n) is 12.6. The molecule has 0 spiro atoms. The average molecular weight is 877 g/mol. The van der Waals surface area contributed by atoms with Gasteiger partial charge in [-0.15, -0.1) is 20.4 Å². The summed E-state index contributed by atoms with van der Waals surface area (Å²) in [6.45, 7) is 0. The molecule has 1 aliphatic rings. The average Bonchev–Trinajstić information content (AvgIpc) is 4.06. The quantitative estimate of drug-likeness (QED) is 0.129. The summed E-state index contributed by atoms with van der Waals surface area (Å²) in [5.41, 5.74) is 19.3. The zero-order valence-corrected chi connectivity index (χ0v) is 37.1. The van der Waals surface area contributed by atoms with Crippen molar-refractivity contribution in [2.45, 2.75) is 12.8 Å². The number of anilines is 5. The number of rotatable bonds is 11. The summed E-state index contributed by atoms with van der Waals surface area (Å²) in [6.07, 6.45) is 6.07. The van der Waals surface area contributed by atoms with Crippen LogP contribution >= 0.6 is 0 Å². The van der Waals surface area contributed by atoms with Crippen LogP contribution in [0, 0.1) is 0 Å². The van der Waals surface area contributed by atoms with Crippen LogP contribution in [0.3, 0.4) is 0 Å². The first-order chi connectivity index (χ1) is 33.7. The number of hydrogen-bond acceptors (Lipinski definition) is 6. The molecule has 0 saturated heterocycles. The first-order valence-corrected chi connectivity index (χ1v) is 22.9. The SMILES string of the molecule is C1=C(N(c2ccccc2)c2ccc(-c3ccc(-c4ccc(-c5ccc(N(c6ccccc6)c6ccc(-n7nc8ccccc8n7)cc6)cc5)cc4)cc3)cc2)CCC(n2nc3ccccc3n2)=C1. The molecular formula is C60H44N8. The van der Waals surface area contributed by atoms with Gasteiger partial charge in [-0.3, -0.25) is 0 Å². The van der Waals surface area contributed by atoms with Crippen LogP contribution in [0.2, 0.25) is 0 Å². The van der Waals surface area contributed by atoms with Gasteiger partial charge in [0.25, 0.3) is 0 Å². The lowest BCUT2D eigenvalue weighted by atomic mass is 9.97. The zero-order chi connectivity index (χ0) is 45.2. The molecule has 9 aromatic carbocycles. The fourth-order valence-electron chi connectivity index (χ4n) is 9.06. The molecule has 0 unspecified atom stereocenters. The van der Waals surface area contributed by atoms with Gasteiger partial charge >= 0.3 is 0 Å². The number of allylic oxidation sites excluding steroid dienone is 4. The van der Waals surface area contributed by atoms with E-state index in [4.69, 9.17) is 10.2 Å². The van der Waals surface area contributed by atoms with E-state index in [-0.39, 0.29) is 0 Å². The summed E-state index contributed by atoms with van der Waals surface area (Å²) < 4.78 is 0. The Morgan fingerprint density at radius 2 is 0.603 bits per heavy atom. The second-order valence-corrected chi connectivity index (χ2v) is 16.9. The Kier molecular flexibility index (Phi) is 10.5. The third kappa shape index (κ3) is 8.01. The molecule has 68 heavy (non-hydrogen) atoms. The highest BCUT2D eigenvalue weighted by atomic mass is 15.5. The van der Waals surface area contributed by atoms with Crippen molar-refractivity contribution in [3.63, 3.8) is 0 Å². The van der Waals surface area contributed by atoms with Gasteiger partial charge < -0.3 is 9.80 Å². The van der Waals surface area contributed by atoms with E-state index in [1.165, 1.54) is 33.5 Å². The largest absolute Gasteiger partial charge is 0.314 e. The van der Waals surface area contributed by atoms with Crippen LogP contribution in [0.15, 0.2) is 248 Å². The van der Waals surface area contributed by atoms with Crippen LogP contribution in [0.4, 0.5) is 28.4 Å². The maximum atomic E-state index is 4.72. The van der Waals surface area contributed by atoms with Crippen molar-refractivity contribution in [3.05, 3.63) is 248 Å². The predicted octanol–water partition coefficient (Wildman–Crippen LogP) is 15.0. The maximum Gasteiger partial charge on any atom is 0.113 e. The van der Waals surface area contributed by atoms with Gasteiger partial charge in [0.05, 0.1) is 11.4 Å². The van der Waals surface area contributed by atoms with Crippen molar-refractivity contribution in [3.8, 4) is 39.1 Å². The Morgan fingerprint density at radius 1 is 0.279 bits per heavy atom. The van der Waals surface area contributed by atoms with Gasteiger partial charge in [-0.2, -0.15) is 9.59 Å². The van der Waals surface area contributed by atoms with Crippen molar-refractivity contribution in [2.75, 3.05) is 9.80 Å². The predicted molar refractivity (Wildman–Crippen MR) is 278 cm³/mol. The smallest absolute Gasteiger partial charge is 0.113 e. The van der Waals surface area contributed by atoms with Gasteiger partial charge in [0.1, 0.15) is 22.1 Å². The second kappa shape index (κ2) is 17.7. The molecule has 0 fully saturated rings. The fourth-order valence-corrected chi connectivity index (χ4v) is 9.06. The number of nitrogens with zero attached hydrogens (tertiary/aromatic N) is 8. The summed E-state index contributed by atoms with van der Waals surface area (Å²) >= 11 is 0. The highest BCUT2D eigenvalue weighted by molar-refractivity contribution is 5.81. The summed E-state index contributed by atoms with van der Waals surface area (Å²) in [4.78, 5) is 8.11. The topological polar surface area (TPSA) is 67.9 Å². The minimum atomic E-state index is 0.840. The van der Waals surface area contributed by atoms with Gasteiger partial charge in [-0.1, -0.05) is 133 Å². The molecule has 0 bridgehead atoms. The Morgan fingerprint density at radius 3 is 1.00 bits per heavy atom. The molecule has 8 heteroatoms. The van der Waals surface area contributed by atoms with Crippen LogP contribution in [-0.2, 0) is 0 Å². The van der Waals surface area contributed by atoms with Gasteiger partial charge in [-0.25, -0.2) is 0 Å². The van der Waals surface area contributed by atoms with Crippen LogP contribution in [0.5, 0.6) is 0 Å².